The third kappa shape index (κ3) is 5.18. The second-order valence-electron chi connectivity index (χ2n) is 5.76. The van der Waals surface area contributed by atoms with Crippen LogP contribution < -0.4 is 10.2 Å². The van der Waals surface area contributed by atoms with Crippen molar-refractivity contribution in [1.82, 2.24) is 9.97 Å². The number of nitrogens with zero attached hydrogens (tertiary/aromatic N) is 3. The Labute approximate surface area is 150 Å². The van der Waals surface area contributed by atoms with Crippen LogP contribution in [-0.4, -0.2) is 29.0 Å². The van der Waals surface area contributed by atoms with Crippen molar-refractivity contribution in [3.05, 3.63) is 47.8 Å². The van der Waals surface area contributed by atoms with E-state index in [1.807, 2.05) is 18.7 Å². The molecule has 2 aromatic rings. The van der Waals surface area contributed by atoms with Gasteiger partial charge in [-0.1, -0.05) is 13.8 Å². The summed E-state index contributed by atoms with van der Waals surface area (Å²) < 4.78 is 37.8. The molecule has 0 aliphatic heterocycles. The van der Waals surface area contributed by atoms with Gasteiger partial charge in [-0.25, -0.2) is 9.97 Å². The van der Waals surface area contributed by atoms with Crippen LogP contribution in [0, 0.1) is 0 Å². The number of halogens is 3. The van der Waals surface area contributed by atoms with Gasteiger partial charge < -0.3 is 10.2 Å². The van der Waals surface area contributed by atoms with E-state index in [2.05, 4.69) is 15.3 Å². The van der Waals surface area contributed by atoms with Crippen LogP contribution in [0.3, 0.4) is 0 Å². The average Bonchev–Trinajstić information content (AvgIpc) is 2.61. The van der Waals surface area contributed by atoms with Crippen LogP contribution >= 0.6 is 0 Å². The van der Waals surface area contributed by atoms with E-state index in [0.717, 1.165) is 38.1 Å². The van der Waals surface area contributed by atoms with Crippen LogP contribution in [0.1, 0.15) is 42.7 Å². The molecule has 8 heteroatoms. The molecule has 0 unspecified atom stereocenters. The van der Waals surface area contributed by atoms with Gasteiger partial charge in [-0.2, -0.15) is 13.2 Å². The summed E-state index contributed by atoms with van der Waals surface area (Å²) in [6.45, 7) is 5.64. The SMILES string of the molecule is CCCN(CCC)c1nccc(C(=O)Nc2ccc(C(F)(F)F)cc2)n1. The van der Waals surface area contributed by atoms with Gasteiger partial charge >= 0.3 is 6.18 Å². The molecule has 0 bridgehead atoms. The van der Waals surface area contributed by atoms with E-state index >= 15 is 0 Å². The van der Waals surface area contributed by atoms with Crippen LogP contribution in [0.25, 0.3) is 0 Å². The molecule has 26 heavy (non-hydrogen) atoms. The maximum absolute atomic E-state index is 12.6. The Kier molecular flexibility index (Phi) is 6.54. The Balaban J connectivity index is 2.13. The minimum Gasteiger partial charge on any atom is -0.341 e. The van der Waals surface area contributed by atoms with Gasteiger partial charge in [-0.15, -0.1) is 0 Å². The average molecular weight is 366 g/mol. The lowest BCUT2D eigenvalue weighted by Gasteiger charge is -2.21. The number of rotatable bonds is 7. The Morgan fingerprint density at radius 3 is 2.23 bits per heavy atom. The molecular weight excluding hydrogens is 345 g/mol. The number of hydrogen-bond acceptors (Lipinski definition) is 4. The van der Waals surface area contributed by atoms with Crippen molar-refractivity contribution < 1.29 is 18.0 Å². The molecule has 5 nitrogen and oxygen atoms in total. The molecule has 0 atom stereocenters. The fourth-order valence-electron chi connectivity index (χ4n) is 2.42. The molecule has 0 aliphatic rings. The molecule has 1 N–H and O–H groups in total. The highest BCUT2D eigenvalue weighted by Crippen LogP contribution is 2.29. The van der Waals surface area contributed by atoms with Crippen molar-refractivity contribution in [1.29, 1.82) is 0 Å². The first kappa shape index (κ1) is 19.7. The van der Waals surface area contributed by atoms with Gasteiger partial charge in [0.15, 0.2) is 0 Å². The highest BCUT2D eigenvalue weighted by Gasteiger charge is 2.30. The van der Waals surface area contributed by atoms with E-state index in [1.165, 1.54) is 24.4 Å². The summed E-state index contributed by atoms with van der Waals surface area (Å²) in [4.78, 5) is 22.8. The molecule has 1 heterocycles. The van der Waals surface area contributed by atoms with Crippen molar-refractivity contribution in [2.45, 2.75) is 32.9 Å². The number of alkyl halides is 3. The standard InChI is InChI=1S/C18H21F3N4O/c1-3-11-25(12-4-2)17-22-10-9-15(24-17)16(26)23-14-7-5-13(6-8-14)18(19,20)21/h5-10H,3-4,11-12H2,1-2H3,(H,23,26). The summed E-state index contributed by atoms with van der Waals surface area (Å²) in [5, 5.41) is 2.55. The fourth-order valence-corrected chi connectivity index (χ4v) is 2.42. The lowest BCUT2D eigenvalue weighted by atomic mass is 10.2. The fraction of sp³-hybridized carbons (Fsp3) is 0.389. The van der Waals surface area contributed by atoms with E-state index < -0.39 is 17.6 Å². The number of carbonyl (C=O) groups excluding carboxylic acids is 1. The maximum Gasteiger partial charge on any atom is 0.416 e. The van der Waals surface area contributed by atoms with Crippen molar-refractivity contribution in [2.75, 3.05) is 23.3 Å². The van der Waals surface area contributed by atoms with Gasteiger partial charge in [0.25, 0.3) is 5.91 Å². The monoisotopic (exact) mass is 366 g/mol. The first-order valence-electron chi connectivity index (χ1n) is 8.41. The summed E-state index contributed by atoms with van der Waals surface area (Å²) in [7, 11) is 0. The zero-order valence-electron chi connectivity index (χ0n) is 14.7. The molecule has 0 radical (unpaired) electrons. The molecule has 1 amide bonds. The maximum atomic E-state index is 12.6. The van der Waals surface area contributed by atoms with Crippen molar-refractivity contribution in [3.63, 3.8) is 0 Å². The summed E-state index contributed by atoms with van der Waals surface area (Å²) in [5.41, 5.74) is -0.344. The number of amides is 1. The van der Waals surface area contributed by atoms with Crippen molar-refractivity contribution in [3.8, 4) is 0 Å². The normalized spacial score (nSPS) is 11.3. The highest BCUT2D eigenvalue weighted by molar-refractivity contribution is 6.02. The molecule has 0 aliphatic carbocycles. The van der Waals surface area contributed by atoms with Gasteiger partial charge in [0.1, 0.15) is 5.69 Å². The Bertz CT molecular complexity index is 726. The first-order valence-corrected chi connectivity index (χ1v) is 8.41. The zero-order chi connectivity index (χ0) is 19.2. The number of anilines is 2. The Hall–Kier alpha value is -2.64. The summed E-state index contributed by atoms with van der Waals surface area (Å²) in [6.07, 6.45) is -1.06. The molecule has 1 aromatic carbocycles. The minimum atomic E-state index is -4.41. The van der Waals surface area contributed by atoms with Gasteiger partial charge in [-0.3, -0.25) is 4.79 Å². The van der Waals surface area contributed by atoms with Crippen LogP contribution in [-0.2, 0) is 6.18 Å². The third-order valence-corrected chi connectivity index (χ3v) is 3.62. The summed E-state index contributed by atoms with van der Waals surface area (Å²) in [6, 6.07) is 5.74. The highest BCUT2D eigenvalue weighted by atomic mass is 19.4. The molecule has 140 valence electrons. The number of benzene rings is 1. The van der Waals surface area contributed by atoms with Crippen molar-refractivity contribution in [2.24, 2.45) is 0 Å². The summed E-state index contributed by atoms with van der Waals surface area (Å²) >= 11 is 0. The molecule has 0 saturated carbocycles. The van der Waals surface area contributed by atoms with E-state index in [0.29, 0.717) is 5.95 Å². The van der Waals surface area contributed by atoms with Gasteiger partial charge in [0.2, 0.25) is 5.95 Å². The predicted octanol–water partition coefficient (Wildman–Crippen LogP) is 4.37. The van der Waals surface area contributed by atoms with Crippen LogP contribution in [0.4, 0.5) is 24.8 Å². The number of nitrogens with one attached hydrogen (secondary N) is 1. The predicted molar refractivity (Wildman–Crippen MR) is 94.2 cm³/mol. The van der Waals surface area contributed by atoms with Crippen molar-refractivity contribution >= 4 is 17.5 Å². The Morgan fingerprint density at radius 2 is 1.69 bits per heavy atom. The lowest BCUT2D eigenvalue weighted by Crippen LogP contribution is -2.27. The smallest absolute Gasteiger partial charge is 0.341 e. The molecular formula is C18H21F3N4O. The van der Waals surface area contributed by atoms with E-state index in [1.54, 1.807) is 0 Å². The number of hydrogen-bond donors (Lipinski definition) is 1. The molecule has 0 saturated heterocycles. The van der Waals surface area contributed by atoms with E-state index in [-0.39, 0.29) is 11.4 Å². The van der Waals surface area contributed by atoms with E-state index in [4.69, 9.17) is 0 Å². The van der Waals surface area contributed by atoms with Crippen LogP contribution in [0.15, 0.2) is 36.5 Å². The number of carbonyl (C=O) groups is 1. The second kappa shape index (κ2) is 8.64. The van der Waals surface area contributed by atoms with Crippen LogP contribution in [0.2, 0.25) is 0 Å². The molecule has 1 aromatic heterocycles. The topological polar surface area (TPSA) is 58.1 Å². The second-order valence-corrected chi connectivity index (χ2v) is 5.76. The van der Waals surface area contributed by atoms with Gasteiger partial charge in [0.05, 0.1) is 5.56 Å². The lowest BCUT2D eigenvalue weighted by molar-refractivity contribution is -0.137. The largest absolute Gasteiger partial charge is 0.416 e. The molecule has 0 fully saturated rings. The molecule has 0 spiro atoms. The van der Waals surface area contributed by atoms with E-state index in [9.17, 15) is 18.0 Å². The number of aromatic nitrogens is 2. The quantitative estimate of drug-likeness (QED) is 0.790. The van der Waals surface area contributed by atoms with Gasteiger partial charge in [0, 0.05) is 25.0 Å². The third-order valence-electron chi connectivity index (χ3n) is 3.62. The minimum absolute atomic E-state index is 0.159. The van der Waals surface area contributed by atoms with Gasteiger partial charge in [-0.05, 0) is 43.2 Å². The Morgan fingerprint density at radius 1 is 1.08 bits per heavy atom. The molecule has 2 rings (SSSR count). The van der Waals surface area contributed by atoms with Crippen LogP contribution in [0.5, 0.6) is 0 Å². The first-order chi connectivity index (χ1) is 12.3. The zero-order valence-corrected chi connectivity index (χ0v) is 14.7. The summed E-state index contributed by atoms with van der Waals surface area (Å²) in [5.74, 6) is -0.0323.